The molecule has 0 bridgehead atoms. The van der Waals surface area contributed by atoms with Crippen LogP contribution in [-0.2, 0) is 0 Å². The second kappa shape index (κ2) is 7.79. The van der Waals surface area contributed by atoms with Crippen LogP contribution in [0.4, 0.5) is 0 Å². The third-order valence-corrected chi connectivity index (χ3v) is 3.17. The van der Waals surface area contributed by atoms with Gasteiger partial charge in [0.25, 0.3) is 0 Å². The Balaban J connectivity index is 2.20. The third kappa shape index (κ3) is 4.57. The summed E-state index contributed by atoms with van der Waals surface area (Å²) < 4.78 is 5.70. The zero-order chi connectivity index (χ0) is 15.1. The van der Waals surface area contributed by atoms with E-state index in [0.29, 0.717) is 0 Å². The Morgan fingerprint density at radius 2 is 1.86 bits per heavy atom. The van der Waals surface area contributed by atoms with Gasteiger partial charge in [-0.2, -0.15) is 0 Å². The summed E-state index contributed by atoms with van der Waals surface area (Å²) >= 11 is 0. The second-order valence-electron chi connectivity index (χ2n) is 5.38. The number of nitrogens with one attached hydrogen (secondary N) is 1. The Bertz CT molecular complexity index is 523. The molecule has 1 heterocycles. The summed E-state index contributed by atoms with van der Waals surface area (Å²) in [6, 6.07) is 14.4. The Labute approximate surface area is 127 Å². The molecule has 0 saturated heterocycles. The monoisotopic (exact) mass is 284 g/mol. The van der Waals surface area contributed by atoms with E-state index in [1.165, 1.54) is 5.56 Å². The SMILES string of the molecule is CCCNC(c1ccc(OC(C)C)cc1)c1ccccn1. The third-order valence-electron chi connectivity index (χ3n) is 3.17. The standard InChI is InChI=1S/C18H24N2O/c1-4-12-20-18(17-7-5-6-13-19-17)15-8-10-16(11-9-15)21-14(2)3/h5-11,13-14,18,20H,4,12H2,1-3H3. The van der Waals surface area contributed by atoms with Crippen molar-refractivity contribution in [3.05, 3.63) is 59.9 Å². The minimum Gasteiger partial charge on any atom is -0.491 e. The van der Waals surface area contributed by atoms with Crippen LogP contribution in [-0.4, -0.2) is 17.6 Å². The maximum absolute atomic E-state index is 5.70. The lowest BCUT2D eigenvalue weighted by molar-refractivity contribution is 0.242. The molecule has 1 aromatic carbocycles. The van der Waals surface area contributed by atoms with E-state index < -0.39 is 0 Å². The lowest BCUT2D eigenvalue weighted by atomic mass is 10.0. The Hall–Kier alpha value is -1.87. The van der Waals surface area contributed by atoms with Crippen LogP contribution < -0.4 is 10.1 Å². The summed E-state index contributed by atoms with van der Waals surface area (Å²) in [4.78, 5) is 4.49. The van der Waals surface area contributed by atoms with E-state index in [1.54, 1.807) is 0 Å². The van der Waals surface area contributed by atoms with Gasteiger partial charge in [0.05, 0.1) is 17.8 Å². The van der Waals surface area contributed by atoms with Gasteiger partial charge in [0.2, 0.25) is 0 Å². The summed E-state index contributed by atoms with van der Waals surface area (Å²) in [7, 11) is 0. The zero-order valence-corrected chi connectivity index (χ0v) is 13.0. The summed E-state index contributed by atoms with van der Waals surface area (Å²) in [6.07, 6.45) is 3.13. The molecule has 1 unspecified atom stereocenters. The number of hydrogen-bond donors (Lipinski definition) is 1. The molecule has 1 aromatic heterocycles. The average Bonchev–Trinajstić information content (AvgIpc) is 2.50. The second-order valence-corrected chi connectivity index (χ2v) is 5.38. The van der Waals surface area contributed by atoms with Crippen molar-refractivity contribution in [3.63, 3.8) is 0 Å². The molecule has 0 spiro atoms. The highest BCUT2D eigenvalue weighted by Gasteiger charge is 2.14. The fourth-order valence-corrected chi connectivity index (χ4v) is 2.24. The summed E-state index contributed by atoms with van der Waals surface area (Å²) in [5, 5.41) is 3.56. The fourth-order valence-electron chi connectivity index (χ4n) is 2.24. The molecule has 2 aromatic rings. The Morgan fingerprint density at radius 1 is 1.10 bits per heavy atom. The van der Waals surface area contributed by atoms with Crippen molar-refractivity contribution >= 4 is 0 Å². The lowest BCUT2D eigenvalue weighted by Gasteiger charge is -2.19. The Morgan fingerprint density at radius 3 is 2.43 bits per heavy atom. The van der Waals surface area contributed by atoms with Gasteiger partial charge in [-0.05, 0) is 56.6 Å². The lowest BCUT2D eigenvalue weighted by Crippen LogP contribution is -2.24. The van der Waals surface area contributed by atoms with Crippen LogP contribution in [0.15, 0.2) is 48.7 Å². The first kappa shape index (κ1) is 15.5. The zero-order valence-electron chi connectivity index (χ0n) is 13.0. The van der Waals surface area contributed by atoms with Crippen molar-refractivity contribution < 1.29 is 4.74 Å². The molecule has 1 atom stereocenters. The quantitative estimate of drug-likeness (QED) is 0.835. The van der Waals surface area contributed by atoms with Gasteiger partial charge in [0.1, 0.15) is 5.75 Å². The first-order valence-corrected chi connectivity index (χ1v) is 7.61. The number of hydrogen-bond acceptors (Lipinski definition) is 3. The highest BCUT2D eigenvalue weighted by molar-refractivity contribution is 5.33. The van der Waals surface area contributed by atoms with Gasteiger partial charge in [-0.1, -0.05) is 25.1 Å². The minimum atomic E-state index is 0.124. The van der Waals surface area contributed by atoms with Crippen molar-refractivity contribution in [1.29, 1.82) is 0 Å². The molecule has 21 heavy (non-hydrogen) atoms. The van der Waals surface area contributed by atoms with Crippen molar-refractivity contribution in [3.8, 4) is 5.75 Å². The predicted octanol–water partition coefficient (Wildman–Crippen LogP) is 3.96. The van der Waals surface area contributed by atoms with E-state index in [1.807, 2.05) is 44.3 Å². The maximum atomic E-state index is 5.70. The molecular weight excluding hydrogens is 260 g/mol. The van der Waals surface area contributed by atoms with Gasteiger partial charge in [0.15, 0.2) is 0 Å². The fraction of sp³-hybridized carbons (Fsp3) is 0.389. The normalized spacial score (nSPS) is 12.4. The number of pyridine rings is 1. The van der Waals surface area contributed by atoms with Crippen LogP contribution in [0.3, 0.4) is 0 Å². The van der Waals surface area contributed by atoms with E-state index in [4.69, 9.17) is 4.74 Å². The van der Waals surface area contributed by atoms with E-state index >= 15 is 0 Å². The maximum Gasteiger partial charge on any atom is 0.119 e. The first-order valence-electron chi connectivity index (χ1n) is 7.61. The van der Waals surface area contributed by atoms with Gasteiger partial charge in [0, 0.05) is 6.20 Å². The number of aromatic nitrogens is 1. The summed E-state index contributed by atoms with van der Waals surface area (Å²) in [5.41, 5.74) is 2.25. The van der Waals surface area contributed by atoms with E-state index in [0.717, 1.165) is 24.4 Å². The van der Waals surface area contributed by atoms with Crippen molar-refractivity contribution in [2.24, 2.45) is 0 Å². The number of rotatable bonds is 7. The molecule has 1 N–H and O–H groups in total. The molecule has 3 nitrogen and oxygen atoms in total. The van der Waals surface area contributed by atoms with Gasteiger partial charge >= 0.3 is 0 Å². The average molecular weight is 284 g/mol. The topological polar surface area (TPSA) is 34.1 Å². The smallest absolute Gasteiger partial charge is 0.119 e. The first-order chi connectivity index (χ1) is 10.2. The molecule has 112 valence electrons. The van der Waals surface area contributed by atoms with Crippen LogP contribution in [0.5, 0.6) is 5.75 Å². The molecule has 3 heteroatoms. The predicted molar refractivity (Wildman–Crippen MR) is 86.6 cm³/mol. The summed E-state index contributed by atoms with van der Waals surface area (Å²) in [5.74, 6) is 0.906. The van der Waals surface area contributed by atoms with E-state index in [9.17, 15) is 0 Å². The molecule has 0 aliphatic carbocycles. The van der Waals surface area contributed by atoms with Crippen LogP contribution in [0, 0.1) is 0 Å². The number of benzene rings is 1. The highest BCUT2D eigenvalue weighted by atomic mass is 16.5. The van der Waals surface area contributed by atoms with Crippen LogP contribution in [0.1, 0.15) is 44.5 Å². The van der Waals surface area contributed by atoms with Crippen molar-refractivity contribution in [1.82, 2.24) is 10.3 Å². The molecule has 0 aliphatic rings. The molecule has 0 saturated carbocycles. The van der Waals surface area contributed by atoms with Gasteiger partial charge in [-0.25, -0.2) is 0 Å². The van der Waals surface area contributed by atoms with Gasteiger partial charge in [-0.15, -0.1) is 0 Å². The molecule has 0 fully saturated rings. The van der Waals surface area contributed by atoms with Crippen LogP contribution in [0.25, 0.3) is 0 Å². The molecule has 0 amide bonds. The summed E-state index contributed by atoms with van der Waals surface area (Å²) in [6.45, 7) is 7.20. The van der Waals surface area contributed by atoms with E-state index in [-0.39, 0.29) is 12.1 Å². The van der Waals surface area contributed by atoms with Crippen molar-refractivity contribution in [2.45, 2.75) is 39.3 Å². The van der Waals surface area contributed by atoms with Crippen LogP contribution in [0.2, 0.25) is 0 Å². The largest absolute Gasteiger partial charge is 0.491 e. The highest BCUT2D eigenvalue weighted by Crippen LogP contribution is 2.23. The molecule has 2 rings (SSSR count). The van der Waals surface area contributed by atoms with E-state index in [2.05, 4.69) is 35.4 Å². The minimum absolute atomic E-state index is 0.124. The number of nitrogens with zero attached hydrogens (tertiary/aromatic N) is 1. The molecular formula is C18H24N2O. The Kier molecular flexibility index (Phi) is 5.76. The molecule has 0 radical (unpaired) electrons. The van der Waals surface area contributed by atoms with Gasteiger partial charge in [-0.3, -0.25) is 4.98 Å². The van der Waals surface area contributed by atoms with Crippen molar-refractivity contribution in [2.75, 3.05) is 6.54 Å². The number of ether oxygens (including phenoxy) is 1. The molecule has 0 aliphatic heterocycles. The van der Waals surface area contributed by atoms with Gasteiger partial charge < -0.3 is 10.1 Å². The van der Waals surface area contributed by atoms with Crippen LogP contribution >= 0.6 is 0 Å².